The summed E-state index contributed by atoms with van der Waals surface area (Å²) in [5.74, 6) is -0.0331. The summed E-state index contributed by atoms with van der Waals surface area (Å²) in [7, 11) is 0. The maximum Gasteiger partial charge on any atom is 0.230 e. The highest BCUT2D eigenvalue weighted by atomic mass is 19.1. The fourth-order valence-corrected chi connectivity index (χ4v) is 2.69. The summed E-state index contributed by atoms with van der Waals surface area (Å²) in [6, 6.07) is 11.6. The van der Waals surface area contributed by atoms with Gasteiger partial charge in [0.2, 0.25) is 5.91 Å². The standard InChI is InChI=1S/C18H19FN4O/c1-12(16-22-21-15-10-6-7-11-23(15)16)20-17(24)18(2,3)13-8-4-5-9-14(13)19/h4-12H,1-3H3,(H,20,24)/t12-/m1/s1. The molecule has 0 saturated heterocycles. The number of carbonyl (C=O) groups excluding carboxylic acids is 1. The van der Waals surface area contributed by atoms with Crippen LogP contribution in [0.15, 0.2) is 48.7 Å². The Bertz CT molecular complexity index is 887. The number of rotatable bonds is 4. The molecule has 0 aliphatic heterocycles. The van der Waals surface area contributed by atoms with E-state index in [0.717, 1.165) is 0 Å². The zero-order valence-electron chi connectivity index (χ0n) is 13.8. The highest BCUT2D eigenvalue weighted by Gasteiger charge is 2.33. The number of carbonyl (C=O) groups is 1. The molecule has 0 bridgehead atoms. The molecule has 1 atom stereocenters. The summed E-state index contributed by atoms with van der Waals surface area (Å²) in [5, 5.41) is 11.1. The van der Waals surface area contributed by atoms with E-state index in [0.29, 0.717) is 17.0 Å². The molecule has 0 fully saturated rings. The van der Waals surface area contributed by atoms with E-state index in [1.807, 2.05) is 35.7 Å². The zero-order valence-corrected chi connectivity index (χ0v) is 13.8. The van der Waals surface area contributed by atoms with E-state index in [9.17, 15) is 9.18 Å². The van der Waals surface area contributed by atoms with Crippen LogP contribution in [0.25, 0.3) is 5.65 Å². The molecule has 1 N–H and O–H groups in total. The molecule has 0 spiro atoms. The van der Waals surface area contributed by atoms with E-state index in [4.69, 9.17) is 0 Å². The molecule has 2 aromatic heterocycles. The fraction of sp³-hybridized carbons (Fsp3) is 0.278. The van der Waals surface area contributed by atoms with Crippen LogP contribution in [0.3, 0.4) is 0 Å². The van der Waals surface area contributed by atoms with Gasteiger partial charge in [-0.15, -0.1) is 10.2 Å². The highest BCUT2D eigenvalue weighted by molar-refractivity contribution is 5.87. The number of fused-ring (bicyclic) bond motifs is 1. The fourth-order valence-electron chi connectivity index (χ4n) is 2.69. The second kappa shape index (κ2) is 6.03. The maximum atomic E-state index is 14.1. The van der Waals surface area contributed by atoms with Crippen LogP contribution in [0.1, 0.15) is 38.2 Å². The molecule has 0 saturated carbocycles. The third kappa shape index (κ3) is 2.75. The van der Waals surface area contributed by atoms with E-state index in [-0.39, 0.29) is 11.9 Å². The van der Waals surface area contributed by atoms with Crippen molar-refractivity contribution in [3.05, 3.63) is 65.9 Å². The number of halogens is 1. The average Bonchev–Trinajstić information content (AvgIpc) is 2.99. The molecular formula is C18H19FN4O. The molecule has 1 aromatic carbocycles. The Morgan fingerprint density at radius 2 is 1.88 bits per heavy atom. The lowest BCUT2D eigenvalue weighted by atomic mass is 9.83. The molecule has 5 nitrogen and oxygen atoms in total. The molecule has 3 aromatic rings. The van der Waals surface area contributed by atoms with E-state index >= 15 is 0 Å². The molecule has 0 radical (unpaired) electrons. The molecule has 0 aliphatic rings. The summed E-state index contributed by atoms with van der Waals surface area (Å²) in [6.45, 7) is 5.24. The van der Waals surface area contributed by atoms with Crippen LogP contribution in [-0.4, -0.2) is 20.5 Å². The van der Waals surface area contributed by atoms with Crippen LogP contribution in [-0.2, 0) is 10.2 Å². The number of nitrogens with zero attached hydrogens (tertiary/aromatic N) is 3. The van der Waals surface area contributed by atoms with Crippen LogP contribution in [0.2, 0.25) is 0 Å². The number of pyridine rings is 1. The molecule has 6 heteroatoms. The first kappa shape index (κ1) is 16.1. The molecule has 2 heterocycles. The van der Waals surface area contributed by atoms with Gasteiger partial charge in [-0.3, -0.25) is 9.20 Å². The normalized spacial score (nSPS) is 13.0. The topological polar surface area (TPSA) is 59.3 Å². The molecule has 24 heavy (non-hydrogen) atoms. The largest absolute Gasteiger partial charge is 0.346 e. The van der Waals surface area contributed by atoms with E-state index in [2.05, 4.69) is 15.5 Å². The van der Waals surface area contributed by atoms with Crippen molar-refractivity contribution in [2.75, 3.05) is 0 Å². The van der Waals surface area contributed by atoms with Crippen molar-refractivity contribution in [2.24, 2.45) is 0 Å². The minimum Gasteiger partial charge on any atom is -0.346 e. The number of hydrogen-bond acceptors (Lipinski definition) is 3. The summed E-state index contributed by atoms with van der Waals surface area (Å²) >= 11 is 0. The summed E-state index contributed by atoms with van der Waals surface area (Å²) in [5.41, 5.74) is 0.0721. The third-order valence-electron chi connectivity index (χ3n) is 4.19. The molecule has 1 amide bonds. The van der Waals surface area contributed by atoms with Gasteiger partial charge in [0.1, 0.15) is 5.82 Å². The lowest BCUT2D eigenvalue weighted by Gasteiger charge is -2.26. The predicted molar refractivity (Wildman–Crippen MR) is 89.0 cm³/mol. The molecular weight excluding hydrogens is 307 g/mol. The van der Waals surface area contributed by atoms with Crippen molar-refractivity contribution in [2.45, 2.75) is 32.2 Å². The van der Waals surface area contributed by atoms with E-state index in [1.54, 1.807) is 32.0 Å². The lowest BCUT2D eigenvalue weighted by molar-refractivity contribution is -0.126. The first-order valence-corrected chi connectivity index (χ1v) is 7.77. The van der Waals surface area contributed by atoms with E-state index < -0.39 is 11.2 Å². The highest BCUT2D eigenvalue weighted by Crippen LogP contribution is 2.27. The van der Waals surface area contributed by atoms with Crippen molar-refractivity contribution in [3.63, 3.8) is 0 Å². The zero-order chi connectivity index (χ0) is 17.3. The van der Waals surface area contributed by atoms with Crippen LogP contribution in [0.5, 0.6) is 0 Å². The Balaban J connectivity index is 1.85. The van der Waals surface area contributed by atoms with Crippen molar-refractivity contribution < 1.29 is 9.18 Å². The first-order chi connectivity index (χ1) is 11.4. The molecule has 0 aliphatic carbocycles. The SMILES string of the molecule is C[C@@H](NC(=O)C(C)(C)c1ccccc1F)c1nnc2ccccn12. The van der Waals surface area contributed by atoms with Gasteiger partial charge in [-0.05, 0) is 39.0 Å². The van der Waals surface area contributed by atoms with Crippen molar-refractivity contribution >= 4 is 11.6 Å². The van der Waals surface area contributed by atoms with Crippen LogP contribution in [0.4, 0.5) is 4.39 Å². The second-order valence-electron chi connectivity index (χ2n) is 6.29. The summed E-state index contributed by atoms with van der Waals surface area (Å²) in [4.78, 5) is 12.7. The van der Waals surface area contributed by atoms with Gasteiger partial charge in [-0.25, -0.2) is 4.39 Å². The Morgan fingerprint density at radius 3 is 2.62 bits per heavy atom. The second-order valence-corrected chi connectivity index (χ2v) is 6.29. The van der Waals surface area contributed by atoms with Crippen LogP contribution < -0.4 is 5.32 Å². The number of amides is 1. The molecule has 124 valence electrons. The van der Waals surface area contributed by atoms with Crippen LogP contribution >= 0.6 is 0 Å². The van der Waals surface area contributed by atoms with Gasteiger partial charge in [-0.2, -0.15) is 0 Å². The smallest absolute Gasteiger partial charge is 0.230 e. The van der Waals surface area contributed by atoms with Gasteiger partial charge in [0, 0.05) is 11.8 Å². The van der Waals surface area contributed by atoms with Gasteiger partial charge in [0.15, 0.2) is 11.5 Å². The third-order valence-corrected chi connectivity index (χ3v) is 4.19. The number of benzene rings is 1. The Labute approximate surface area is 139 Å². The average molecular weight is 326 g/mol. The maximum absolute atomic E-state index is 14.1. The van der Waals surface area contributed by atoms with Crippen molar-refractivity contribution in [1.82, 2.24) is 19.9 Å². The van der Waals surface area contributed by atoms with Crippen LogP contribution in [0, 0.1) is 5.82 Å². The molecule has 3 rings (SSSR count). The summed E-state index contributed by atoms with van der Waals surface area (Å²) in [6.07, 6.45) is 1.84. The first-order valence-electron chi connectivity index (χ1n) is 7.77. The predicted octanol–water partition coefficient (Wildman–Crippen LogP) is 3.02. The van der Waals surface area contributed by atoms with Gasteiger partial charge in [0.05, 0.1) is 11.5 Å². The quantitative estimate of drug-likeness (QED) is 0.802. The number of nitrogens with one attached hydrogen (secondary N) is 1. The molecule has 0 unspecified atom stereocenters. The van der Waals surface area contributed by atoms with Crippen molar-refractivity contribution in [1.29, 1.82) is 0 Å². The van der Waals surface area contributed by atoms with Gasteiger partial charge in [-0.1, -0.05) is 24.3 Å². The summed E-state index contributed by atoms with van der Waals surface area (Å²) < 4.78 is 15.9. The van der Waals surface area contributed by atoms with Gasteiger partial charge >= 0.3 is 0 Å². The Morgan fingerprint density at radius 1 is 1.17 bits per heavy atom. The number of hydrogen-bond donors (Lipinski definition) is 1. The minimum absolute atomic E-state index is 0.271. The lowest BCUT2D eigenvalue weighted by Crippen LogP contribution is -2.42. The van der Waals surface area contributed by atoms with Crippen molar-refractivity contribution in [3.8, 4) is 0 Å². The Hall–Kier alpha value is -2.76. The number of aromatic nitrogens is 3. The van der Waals surface area contributed by atoms with Gasteiger partial charge in [0.25, 0.3) is 0 Å². The van der Waals surface area contributed by atoms with E-state index in [1.165, 1.54) is 6.07 Å². The monoisotopic (exact) mass is 326 g/mol. The minimum atomic E-state index is -1.000. The Kier molecular flexibility index (Phi) is 4.05. The van der Waals surface area contributed by atoms with Gasteiger partial charge < -0.3 is 5.32 Å².